The molecule has 0 aromatic heterocycles. The van der Waals surface area contributed by atoms with Crippen molar-refractivity contribution in [2.75, 3.05) is 49.0 Å². The predicted molar refractivity (Wildman–Crippen MR) is 208 cm³/mol. The molecule has 1 saturated heterocycles. The fourth-order valence-corrected chi connectivity index (χ4v) is 8.65. The molecule has 2 rings (SSSR count). The summed E-state index contributed by atoms with van der Waals surface area (Å²) in [7, 11) is 5.19. The van der Waals surface area contributed by atoms with Gasteiger partial charge in [0.15, 0.2) is 0 Å². The van der Waals surface area contributed by atoms with Gasteiger partial charge in [0.2, 0.25) is 23.6 Å². The van der Waals surface area contributed by atoms with Crippen LogP contribution in [0.25, 0.3) is 0 Å². The van der Waals surface area contributed by atoms with Crippen molar-refractivity contribution in [1.29, 1.82) is 0 Å². The minimum atomic E-state index is -4.30. The fraction of sp³-hybridized carbons (Fsp3) is 0.718. The lowest BCUT2D eigenvalue weighted by molar-refractivity contribution is -0.148. The number of nitrogens with one attached hydrogen (secondary N) is 2. The van der Waals surface area contributed by atoms with Crippen LogP contribution in [0.3, 0.4) is 0 Å². The number of sulfonamides is 1. The Morgan fingerprint density at radius 2 is 1.49 bits per heavy atom. The Morgan fingerprint density at radius 1 is 0.891 bits per heavy atom. The lowest BCUT2D eigenvalue weighted by Gasteiger charge is -2.41. The topological polar surface area (TPSA) is 181 Å². The molecule has 0 radical (unpaired) electrons. The van der Waals surface area contributed by atoms with Crippen LogP contribution < -0.4 is 10.0 Å². The lowest BCUT2D eigenvalue weighted by Crippen LogP contribution is -2.59. The number of hydrogen-bond donors (Lipinski definition) is 2. The highest BCUT2D eigenvalue weighted by atomic mass is 32.2. The van der Waals surface area contributed by atoms with Gasteiger partial charge in [0, 0.05) is 27.8 Å². The Kier molecular flexibility index (Phi) is 18.2. The normalized spacial score (nSPS) is 18.6. The summed E-state index contributed by atoms with van der Waals surface area (Å²) in [6.07, 6.45) is 0.236. The maximum atomic E-state index is 14.2. The van der Waals surface area contributed by atoms with Crippen LogP contribution in [0.1, 0.15) is 84.5 Å². The first-order chi connectivity index (χ1) is 25.7. The number of carbonyl (C=O) groups excluding carboxylic acids is 5. The first-order valence-electron chi connectivity index (χ1n) is 19.0. The summed E-state index contributed by atoms with van der Waals surface area (Å²) >= 11 is 0. The standard InChI is InChI=1S/C39H65N5O10S/c1-14-25(6)34(43(10)38(48)32(23(2)3)40-37(47)33(24(4)5)42(8)9)30(52-11)22-31(45)44-21-15-16-29(44)35(53-12)26(7)36(46)41-55(50,51)28-19-17-27(18-20-28)39(49)54-13/h17-20,23-26,29-30,32-35H,14-16,21-22H2,1-13H3,(H,40,47)(H,41,46)/t25-,26+,29?,30+,32?,33?,34-,35+/m0/s1. The van der Waals surface area contributed by atoms with Crippen LogP contribution in [0, 0.1) is 23.7 Å². The van der Waals surface area contributed by atoms with Crippen molar-refractivity contribution in [3.8, 4) is 0 Å². The predicted octanol–water partition coefficient (Wildman–Crippen LogP) is 2.93. The largest absolute Gasteiger partial charge is 0.465 e. The number of likely N-dealkylation sites (N-methyl/N-ethyl adjacent to an activating group) is 2. The second kappa shape index (κ2) is 21.1. The Hall–Kier alpha value is -3.60. The zero-order valence-corrected chi connectivity index (χ0v) is 35.8. The average Bonchev–Trinajstić information content (AvgIpc) is 3.62. The number of esters is 1. The summed E-state index contributed by atoms with van der Waals surface area (Å²) in [5, 5.41) is 3.00. The van der Waals surface area contributed by atoms with Crippen molar-refractivity contribution in [3.05, 3.63) is 29.8 Å². The molecule has 0 bridgehead atoms. The fourth-order valence-electron chi connectivity index (χ4n) is 7.58. The number of nitrogens with zero attached hydrogens (tertiary/aromatic N) is 3. The molecular formula is C39H65N5O10S. The van der Waals surface area contributed by atoms with Crippen molar-refractivity contribution in [2.24, 2.45) is 23.7 Å². The van der Waals surface area contributed by atoms with Gasteiger partial charge in [-0.25, -0.2) is 17.9 Å². The summed E-state index contributed by atoms with van der Waals surface area (Å²) in [6.45, 7) is 13.6. The molecule has 0 aliphatic carbocycles. The number of amides is 4. The molecule has 1 aliphatic rings. The van der Waals surface area contributed by atoms with Gasteiger partial charge in [0.25, 0.3) is 10.0 Å². The molecule has 312 valence electrons. The van der Waals surface area contributed by atoms with E-state index in [1.165, 1.54) is 45.6 Å². The monoisotopic (exact) mass is 795 g/mol. The van der Waals surface area contributed by atoms with Gasteiger partial charge in [-0.3, -0.25) is 24.1 Å². The van der Waals surface area contributed by atoms with E-state index in [9.17, 15) is 32.4 Å². The Labute approximate surface area is 328 Å². The van der Waals surface area contributed by atoms with E-state index in [-0.39, 0.29) is 52.4 Å². The second-order valence-electron chi connectivity index (χ2n) is 15.5. The number of rotatable bonds is 20. The molecule has 1 aliphatic heterocycles. The van der Waals surface area contributed by atoms with Gasteiger partial charge in [-0.2, -0.15) is 0 Å². The van der Waals surface area contributed by atoms with Crippen LogP contribution >= 0.6 is 0 Å². The van der Waals surface area contributed by atoms with Crippen LogP contribution in [-0.4, -0.2) is 138 Å². The van der Waals surface area contributed by atoms with Crippen LogP contribution in [0.5, 0.6) is 0 Å². The van der Waals surface area contributed by atoms with E-state index in [0.29, 0.717) is 25.8 Å². The Bertz CT molecular complexity index is 1560. The molecule has 55 heavy (non-hydrogen) atoms. The maximum Gasteiger partial charge on any atom is 0.337 e. The van der Waals surface area contributed by atoms with Crippen LogP contribution in [0.4, 0.5) is 0 Å². The minimum Gasteiger partial charge on any atom is -0.465 e. The molecule has 16 heteroatoms. The molecule has 8 atom stereocenters. The lowest BCUT2D eigenvalue weighted by atomic mass is 9.89. The number of ether oxygens (including phenoxy) is 3. The second-order valence-corrected chi connectivity index (χ2v) is 17.1. The van der Waals surface area contributed by atoms with E-state index >= 15 is 0 Å². The number of carbonyl (C=O) groups is 5. The highest BCUT2D eigenvalue weighted by Crippen LogP contribution is 2.30. The quantitative estimate of drug-likeness (QED) is 0.185. The third-order valence-corrected chi connectivity index (χ3v) is 12.1. The first kappa shape index (κ1) is 47.6. The van der Waals surface area contributed by atoms with Gasteiger partial charge in [0.05, 0.1) is 60.2 Å². The van der Waals surface area contributed by atoms with E-state index in [1.807, 2.05) is 60.5 Å². The van der Waals surface area contributed by atoms with Gasteiger partial charge in [-0.05, 0) is 69.0 Å². The summed E-state index contributed by atoms with van der Waals surface area (Å²) in [6, 6.07) is 2.69. The van der Waals surface area contributed by atoms with E-state index in [4.69, 9.17) is 9.47 Å². The molecule has 1 aromatic rings. The molecule has 15 nitrogen and oxygen atoms in total. The molecule has 1 fully saturated rings. The number of methoxy groups -OCH3 is 3. The van der Waals surface area contributed by atoms with Gasteiger partial charge >= 0.3 is 5.97 Å². The van der Waals surface area contributed by atoms with E-state index in [2.05, 4.69) is 14.8 Å². The van der Waals surface area contributed by atoms with Gasteiger partial charge < -0.3 is 29.3 Å². The van der Waals surface area contributed by atoms with Crippen molar-refractivity contribution in [2.45, 2.75) is 115 Å². The molecule has 1 heterocycles. The van der Waals surface area contributed by atoms with E-state index in [0.717, 1.165) is 0 Å². The average molecular weight is 796 g/mol. The van der Waals surface area contributed by atoms with Crippen molar-refractivity contribution in [3.63, 3.8) is 0 Å². The molecule has 0 saturated carbocycles. The summed E-state index contributed by atoms with van der Waals surface area (Å²) in [5.74, 6) is -3.47. The van der Waals surface area contributed by atoms with E-state index in [1.54, 1.807) is 23.8 Å². The van der Waals surface area contributed by atoms with Crippen molar-refractivity contribution >= 4 is 39.6 Å². The molecular weight excluding hydrogens is 731 g/mol. The Balaban J connectivity index is 2.29. The van der Waals surface area contributed by atoms with Crippen LogP contribution in [0.2, 0.25) is 0 Å². The number of benzene rings is 1. The van der Waals surface area contributed by atoms with Gasteiger partial charge in [-0.15, -0.1) is 0 Å². The molecule has 4 amide bonds. The third kappa shape index (κ3) is 11.9. The zero-order chi connectivity index (χ0) is 41.9. The molecule has 2 N–H and O–H groups in total. The maximum absolute atomic E-state index is 14.2. The van der Waals surface area contributed by atoms with Crippen LogP contribution in [0.15, 0.2) is 29.2 Å². The molecule has 3 unspecified atom stereocenters. The minimum absolute atomic E-state index is 0.0171. The van der Waals surface area contributed by atoms with Crippen LogP contribution in [-0.2, 0) is 43.4 Å². The third-order valence-electron chi connectivity index (χ3n) is 10.8. The van der Waals surface area contributed by atoms with Gasteiger partial charge in [0.1, 0.15) is 6.04 Å². The highest BCUT2D eigenvalue weighted by Gasteiger charge is 2.43. The Morgan fingerprint density at radius 3 is 1.96 bits per heavy atom. The SMILES string of the molecule is CC[C@H](C)[C@@H]([C@@H](CC(=O)N1CCCC1[C@H](OC)[C@@H](C)C(=O)NS(=O)(=O)c1ccc(C(=O)OC)cc1)OC)N(C)C(=O)C(NC(=O)C(C(C)C)N(C)C)C(C)C. The summed E-state index contributed by atoms with van der Waals surface area (Å²) < 4.78 is 44.7. The number of hydrogen-bond acceptors (Lipinski definition) is 11. The number of likely N-dealkylation sites (tertiary alicyclic amines) is 1. The smallest absolute Gasteiger partial charge is 0.337 e. The summed E-state index contributed by atoms with van der Waals surface area (Å²) in [4.78, 5) is 71.8. The molecule has 0 spiro atoms. The van der Waals surface area contributed by atoms with Crippen molar-refractivity contribution < 1.29 is 46.6 Å². The van der Waals surface area contributed by atoms with Gasteiger partial charge in [-0.1, -0.05) is 54.9 Å². The zero-order valence-electron chi connectivity index (χ0n) is 35.0. The highest BCUT2D eigenvalue weighted by molar-refractivity contribution is 7.90. The first-order valence-corrected chi connectivity index (χ1v) is 20.5. The molecule has 1 aromatic carbocycles. The van der Waals surface area contributed by atoms with Crippen molar-refractivity contribution in [1.82, 2.24) is 24.7 Å². The summed E-state index contributed by atoms with van der Waals surface area (Å²) in [5.41, 5.74) is 0.152. The van der Waals surface area contributed by atoms with E-state index < -0.39 is 64.2 Å².